The minimum atomic E-state index is 0.423. The van der Waals surface area contributed by atoms with E-state index in [1.54, 1.807) is 7.11 Å². The molecule has 0 saturated carbocycles. The Morgan fingerprint density at radius 2 is 2.10 bits per heavy atom. The van der Waals surface area contributed by atoms with Crippen molar-refractivity contribution in [1.82, 2.24) is 5.32 Å². The number of nitrogens with one attached hydrogen (secondary N) is 1. The Morgan fingerprint density at radius 1 is 1.19 bits per heavy atom. The van der Waals surface area contributed by atoms with Gasteiger partial charge in [-0.3, -0.25) is 0 Å². The Balaban J connectivity index is 1.82. The summed E-state index contributed by atoms with van der Waals surface area (Å²) in [6.07, 6.45) is 11.4. The van der Waals surface area contributed by atoms with Crippen LogP contribution in [-0.2, 0) is 11.2 Å². The number of rotatable bonds is 1. The molecule has 3 atom stereocenters. The molecular weight excluding hydrogens is 258 g/mol. The van der Waals surface area contributed by atoms with Crippen LogP contribution in [0.25, 0.3) is 0 Å². The van der Waals surface area contributed by atoms with Crippen LogP contribution in [0.3, 0.4) is 0 Å². The van der Waals surface area contributed by atoms with Crippen LogP contribution in [0.1, 0.15) is 23.5 Å². The molecule has 4 rings (SSSR count). The van der Waals surface area contributed by atoms with Crippen molar-refractivity contribution >= 4 is 0 Å². The van der Waals surface area contributed by atoms with Gasteiger partial charge in [0, 0.05) is 24.4 Å². The van der Waals surface area contributed by atoms with E-state index in [4.69, 9.17) is 4.74 Å². The highest BCUT2D eigenvalue weighted by atomic mass is 16.5. The van der Waals surface area contributed by atoms with E-state index in [1.165, 1.54) is 29.5 Å². The normalized spacial score (nSPS) is 30.2. The molecule has 2 nitrogen and oxygen atoms in total. The maximum Gasteiger partial charge on any atom is 0.115 e. The highest BCUT2D eigenvalue weighted by Crippen LogP contribution is 2.43. The van der Waals surface area contributed by atoms with E-state index in [9.17, 15) is 0 Å². The van der Waals surface area contributed by atoms with E-state index in [-0.39, 0.29) is 0 Å². The van der Waals surface area contributed by atoms with Gasteiger partial charge in [0.2, 0.25) is 0 Å². The Morgan fingerprint density at radius 3 is 3.00 bits per heavy atom. The Hall–Kier alpha value is -1.80. The first kappa shape index (κ1) is 12.9. The maximum atomic E-state index is 5.48. The standard InChI is InChI=1S/C19H21NO/c1-21-15-8-6-14-10-11-20-18-9-7-13-4-2-3-5-16(13)19(18)17(14)12-15/h2-6,8,10,12,17-20H,7,9,11H2,1H3/t17?,18-,19-/m0/s1. The van der Waals surface area contributed by atoms with Gasteiger partial charge in [-0.25, -0.2) is 0 Å². The Kier molecular flexibility index (Phi) is 3.19. The first-order valence-corrected chi connectivity index (χ1v) is 7.82. The molecule has 3 aliphatic rings. The van der Waals surface area contributed by atoms with Gasteiger partial charge in [-0.05, 0) is 41.7 Å². The third-order valence-electron chi connectivity index (χ3n) is 5.08. The van der Waals surface area contributed by atoms with Gasteiger partial charge in [0.15, 0.2) is 0 Å². The van der Waals surface area contributed by atoms with Crippen molar-refractivity contribution in [1.29, 1.82) is 0 Å². The fraction of sp³-hybridized carbons (Fsp3) is 0.368. The third kappa shape index (κ3) is 2.14. The van der Waals surface area contributed by atoms with Crippen molar-refractivity contribution in [2.24, 2.45) is 5.92 Å². The molecule has 1 heterocycles. The van der Waals surface area contributed by atoms with Crippen molar-refractivity contribution in [3.63, 3.8) is 0 Å². The molecule has 0 bridgehead atoms. The predicted octanol–water partition coefficient (Wildman–Crippen LogP) is 3.33. The van der Waals surface area contributed by atoms with Crippen molar-refractivity contribution in [2.75, 3.05) is 13.7 Å². The molecule has 1 unspecified atom stereocenters. The lowest BCUT2D eigenvalue weighted by Crippen LogP contribution is -2.40. The summed E-state index contributed by atoms with van der Waals surface area (Å²) < 4.78 is 5.48. The first-order valence-electron chi connectivity index (χ1n) is 7.82. The summed E-state index contributed by atoms with van der Waals surface area (Å²) in [4.78, 5) is 0. The zero-order chi connectivity index (χ0) is 14.2. The molecule has 21 heavy (non-hydrogen) atoms. The Labute approximate surface area is 126 Å². The number of hydrogen-bond donors (Lipinski definition) is 1. The smallest absolute Gasteiger partial charge is 0.115 e. The second-order valence-electron chi connectivity index (χ2n) is 6.11. The number of hydrogen-bond acceptors (Lipinski definition) is 2. The fourth-order valence-electron chi connectivity index (χ4n) is 4.06. The molecule has 2 heteroatoms. The molecule has 1 aromatic rings. The van der Waals surface area contributed by atoms with E-state index >= 15 is 0 Å². The van der Waals surface area contributed by atoms with Crippen LogP contribution in [0.15, 0.2) is 59.9 Å². The quantitative estimate of drug-likeness (QED) is 0.851. The average molecular weight is 279 g/mol. The highest BCUT2D eigenvalue weighted by molar-refractivity contribution is 5.45. The molecule has 1 N–H and O–H groups in total. The van der Waals surface area contributed by atoms with Crippen LogP contribution in [0.2, 0.25) is 0 Å². The van der Waals surface area contributed by atoms with Crippen molar-refractivity contribution < 1.29 is 4.74 Å². The largest absolute Gasteiger partial charge is 0.497 e. The molecule has 0 amide bonds. The molecule has 0 aromatic heterocycles. The summed E-state index contributed by atoms with van der Waals surface area (Å²) >= 11 is 0. The summed E-state index contributed by atoms with van der Waals surface area (Å²) in [5.74, 6) is 1.92. The van der Waals surface area contributed by atoms with Crippen LogP contribution in [0.5, 0.6) is 0 Å². The van der Waals surface area contributed by atoms with Gasteiger partial charge >= 0.3 is 0 Å². The van der Waals surface area contributed by atoms with Gasteiger partial charge in [0.1, 0.15) is 5.76 Å². The van der Waals surface area contributed by atoms with Crippen molar-refractivity contribution in [3.8, 4) is 0 Å². The Bertz CT molecular complexity index is 641. The van der Waals surface area contributed by atoms with E-state index in [0.717, 1.165) is 12.3 Å². The second-order valence-corrected chi connectivity index (χ2v) is 6.11. The minimum absolute atomic E-state index is 0.423. The summed E-state index contributed by atoms with van der Waals surface area (Å²) in [6.45, 7) is 0.968. The van der Waals surface area contributed by atoms with E-state index in [2.05, 4.69) is 53.9 Å². The average Bonchev–Trinajstić information content (AvgIpc) is 2.73. The van der Waals surface area contributed by atoms with Crippen LogP contribution in [-0.4, -0.2) is 19.7 Å². The van der Waals surface area contributed by atoms with Crippen LogP contribution < -0.4 is 5.32 Å². The van der Waals surface area contributed by atoms with E-state index in [1.807, 2.05) is 0 Å². The van der Waals surface area contributed by atoms with Gasteiger partial charge < -0.3 is 10.1 Å². The lowest BCUT2D eigenvalue weighted by molar-refractivity contribution is 0.295. The van der Waals surface area contributed by atoms with Gasteiger partial charge in [-0.2, -0.15) is 0 Å². The highest BCUT2D eigenvalue weighted by Gasteiger charge is 2.37. The molecule has 0 radical (unpaired) electrons. The van der Waals surface area contributed by atoms with Gasteiger partial charge in [0.05, 0.1) is 7.11 Å². The summed E-state index contributed by atoms with van der Waals surface area (Å²) in [6, 6.07) is 9.50. The fourth-order valence-corrected chi connectivity index (χ4v) is 4.06. The first-order chi connectivity index (χ1) is 10.4. The molecule has 0 fully saturated rings. The zero-order valence-corrected chi connectivity index (χ0v) is 12.4. The van der Waals surface area contributed by atoms with Gasteiger partial charge in [-0.15, -0.1) is 0 Å². The SMILES string of the molecule is COC1=CC2C(=CCN[C@H]3CCc4ccccc4[C@@H]23)C=C1. The lowest BCUT2D eigenvalue weighted by atomic mass is 9.70. The lowest BCUT2D eigenvalue weighted by Gasteiger charge is -2.38. The monoisotopic (exact) mass is 279 g/mol. The van der Waals surface area contributed by atoms with Crippen LogP contribution >= 0.6 is 0 Å². The third-order valence-corrected chi connectivity index (χ3v) is 5.08. The molecular formula is C19H21NO. The second kappa shape index (κ2) is 5.19. The molecule has 0 saturated heterocycles. The molecule has 2 aliphatic carbocycles. The molecule has 108 valence electrons. The number of fused-ring (bicyclic) bond motifs is 5. The van der Waals surface area contributed by atoms with Crippen molar-refractivity contribution in [3.05, 3.63) is 71.0 Å². The summed E-state index contributed by atoms with van der Waals surface area (Å²) in [5.41, 5.74) is 4.46. The summed E-state index contributed by atoms with van der Waals surface area (Å²) in [5, 5.41) is 3.73. The number of ether oxygens (including phenoxy) is 1. The van der Waals surface area contributed by atoms with Gasteiger partial charge in [0.25, 0.3) is 0 Å². The maximum absolute atomic E-state index is 5.48. The molecule has 1 aliphatic heterocycles. The predicted molar refractivity (Wildman–Crippen MR) is 85.1 cm³/mol. The number of aryl methyl sites for hydroxylation is 1. The minimum Gasteiger partial charge on any atom is -0.497 e. The van der Waals surface area contributed by atoms with Gasteiger partial charge in [-0.1, -0.05) is 36.4 Å². The van der Waals surface area contributed by atoms with Crippen molar-refractivity contribution in [2.45, 2.75) is 24.8 Å². The van der Waals surface area contributed by atoms with E-state index < -0.39 is 0 Å². The molecule has 0 spiro atoms. The zero-order valence-electron chi connectivity index (χ0n) is 12.4. The number of benzene rings is 1. The molecule has 1 aromatic carbocycles. The number of allylic oxidation sites excluding steroid dienone is 4. The van der Waals surface area contributed by atoms with Crippen LogP contribution in [0, 0.1) is 5.92 Å². The number of methoxy groups -OCH3 is 1. The van der Waals surface area contributed by atoms with Crippen LogP contribution in [0.4, 0.5) is 0 Å². The topological polar surface area (TPSA) is 21.3 Å². The van der Waals surface area contributed by atoms with E-state index in [0.29, 0.717) is 17.9 Å². The summed E-state index contributed by atoms with van der Waals surface area (Å²) in [7, 11) is 1.76.